The monoisotopic (exact) mass is 413 g/mol. The van der Waals surface area contributed by atoms with Gasteiger partial charge in [0.1, 0.15) is 6.61 Å². The molecule has 2 heterocycles. The van der Waals surface area contributed by atoms with Crippen LogP contribution in [0.1, 0.15) is 0 Å². The number of amides is 1. The normalized spacial score (nSPS) is 14.7. The van der Waals surface area contributed by atoms with Crippen LogP contribution in [0.2, 0.25) is 0 Å². The average Bonchev–Trinajstić information content (AvgIpc) is 3.26. The van der Waals surface area contributed by atoms with Crippen molar-refractivity contribution in [1.29, 1.82) is 0 Å². The van der Waals surface area contributed by atoms with Gasteiger partial charge in [-0.15, -0.1) is 5.10 Å². The highest BCUT2D eigenvalue weighted by molar-refractivity contribution is 5.93. The number of rotatable bonds is 6. The van der Waals surface area contributed by atoms with Crippen LogP contribution >= 0.6 is 0 Å². The Morgan fingerprint density at radius 2 is 1.73 bits per heavy atom. The van der Waals surface area contributed by atoms with E-state index in [2.05, 4.69) is 15.5 Å². The Morgan fingerprint density at radius 1 is 1.03 bits per heavy atom. The summed E-state index contributed by atoms with van der Waals surface area (Å²) < 4.78 is 32.7. The van der Waals surface area contributed by atoms with Crippen LogP contribution in [-0.4, -0.2) is 50.1 Å². The molecule has 30 heavy (non-hydrogen) atoms. The van der Waals surface area contributed by atoms with Crippen LogP contribution in [0.4, 0.5) is 6.01 Å². The summed E-state index contributed by atoms with van der Waals surface area (Å²) in [5, 5.41) is 10.4. The Bertz CT molecular complexity index is 1040. The topological polar surface area (TPSA) is 114 Å². The molecule has 10 heteroatoms. The number of hydrogen-bond acceptors (Lipinski definition) is 9. The Kier molecular flexibility index (Phi) is 5.29. The number of hydrogen-bond donors (Lipinski definition) is 1. The van der Waals surface area contributed by atoms with E-state index in [1.165, 1.54) is 21.3 Å². The molecule has 0 saturated carbocycles. The lowest BCUT2D eigenvalue weighted by atomic mass is 10.2. The number of benzene rings is 2. The Morgan fingerprint density at radius 3 is 2.40 bits per heavy atom. The predicted molar refractivity (Wildman–Crippen MR) is 104 cm³/mol. The van der Waals surface area contributed by atoms with Gasteiger partial charge in [-0.05, 0) is 24.3 Å². The first-order valence-electron chi connectivity index (χ1n) is 8.96. The van der Waals surface area contributed by atoms with Crippen LogP contribution in [0, 0.1) is 0 Å². The minimum Gasteiger partial charge on any atom is -0.493 e. The number of nitrogens with one attached hydrogen (secondary N) is 1. The van der Waals surface area contributed by atoms with E-state index in [0.717, 1.165) is 0 Å². The van der Waals surface area contributed by atoms with E-state index in [4.69, 9.17) is 28.1 Å². The minimum absolute atomic E-state index is 0.0662. The van der Waals surface area contributed by atoms with Crippen LogP contribution in [0.25, 0.3) is 11.5 Å². The first kappa shape index (κ1) is 19.4. The molecule has 0 saturated heterocycles. The van der Waals surface area contributed by atoms with Crippen LogP contribution in [0.3, 0.4) is 0 Å². The highest BCUT2D eigenvalue weighted by Gasteiger charge is 2.28. The van der Waals surface area contributed by atoms with Gasteiger partial charge in [0.15, 0.2) is 23.0 Å². The zero-order valence-corrected chi connectivity index (χ0v) is 16.5. The lowest BCUT2D eigenvalue weighted by Crippen LogP contribution is -2.40. The van der Waals surface area contributed by atoms with E-state index in [-0.39, 0.29) is 18.5 Å². The summed E-state index contributed by atoms with van der Waals surface area (Å²) in [6.45, 7) is 0.0662. The summed E-state index contributed by atoms with van der Waals surface area (Å²) in [4.78, 5) is 12.5. The van der Waals surface area contributed by atoms with Crippen molar-refractivity contribution in [1.82, 2.24) is 10.2 Å². The molecule has 0 fully saturated rings. The molecule has 1 aromatic heterocycles. The number of ether oxygens (including phenoxy) is 5. The van der Waals surface area contributed by atoms with Gasteiger partial charge in [0.25, 0.3) is 5.91 Å². The third-order valence-corrected chi connectivity index (χ3v) is 4.37. The van der Waals surface area contributed by atoms with E-state index in [9.17, 15) is 4.79 Å². The highest BCUT2D eigenvalue weighted by Crippen LogP contribution is 2.41. The smallest absolute Gasteiger partial charge is 0.322 e. The van der Waals surface area contributed by atoms with Gasteiger partial charge < -0.3 is 28.1 Å². The van der Waals surface area contributed by atoms with E-state index in [1.54, 1.807) is 30.3 Å². The lowest BCUT2D eigenvalue weighted by molar-refractivity contribution is -0.125. The third-order valence-electron chi connectivity index (χ3n) is 4.37. The van der Waals surface area contributed by atoms with Gasteiger partial charge in [-0.2, -0.15) is 0 Å². The molecule has 0 unspecified atom stereocenters. The van der Waals surface area contributed by atoms with E-state index < -0.39 is 12.0 Å². The van der Waals surface area contributed by atoms with Crippen molar-refractivity contribution in [3.63, 3.8) is 0 Å². The molecular formula is C20H19N3O7. The van der Waals surface area contributed by atoms with Crippen molar-refractivity contribution in [3.8, 4) is 40.2 Å². The molecule has 3 aromatic rings. The van der Waals surface area contributed by atoms with E-state index >= 15 is 0 Å². The summed E-state index contributed by atoms with van der Waals surface area (Å²) in [5.74, 6) is 2.08. The standard InChI is InChI=1S/C20H19N3O7/c1-25-14-8-11(9-15(26-2)17(14)27-3)19-22-23-20(30-19)21-18(24)16-10-28-12-6-4-5-7-13(12)29-16/h4-9,16H,10H2,1-3H3,(H,21,23,24)/t16-/m0/s1. The van der Waals surface area contributed by atoms with Crippen molar-refractivity contribution in [3.05, 3.63) is 36.4 Å². The minimum atomic E-state index is -0.851. The van der Waals surface area contributed by atoms with Crippen molar-refractivity contribution in [2.75, 3.05) is 33.3 Å². The van der Waals surface area contributed by atoms with Crippen LogP contribution in [0.15, 0.2) is 40.8 Å². The molecule has 1 aliphatic heterocycles. The van der Waals surface area contributed by atoms with E-state index in [1.807, 2.05) is 6.07 Å². The third kappa shape index (κ3) is 3.66. The summed E-state index contributed by atoms with van der Waals surface area (Å²) in [6.07, 6.45) is -0.851. The van der Waals surface area contributed by atoms with Gasteiger partial charge in [-0.1, -0.05) is 17.2 Å². The molecule has 10 nitrogen and oxygen atoms in total. The number of anilines is 1. The number of carbonyl (C=O) groups excluding carboxylic acids is 1. The predicted octanol–water partition coefficient (Wildman–Crippen LogP) is 2.54. The summed E-state index contributed by atoms with van der Waals surface area (Å²) in [7, 11) is 4.52. The Balaban J connectivity index is 1.50. The molecule has 2 aromatic carbocycles. The molecule has 4 rings (SSSR count). The summed E-state index contributed by atoms with van der Waals surface area (Å²) >= 11 is 0. The van der Waals surface area contributed by atoms with Gasteiger partial charge in [-0.3, -0.25) is 10.1 Å². The van der Waals surface area contributed by atoms with E-state index in [0.29, 0.717) is 34.3 Å². The van der Waals surface area contributed by atoms with Gasteiger partial charge >= 0.3 is 6.01 Å². The van der Waals surface area contributed by atoms with Crippen LogP contribution in [0.5, 0.6) is 28.7 Å². The highest BCUT2D eigenvalue weighted by atomic mass is 16.6. The zero-order valence-electron chi connectivity index (χ0n) is 16.5. The molecule has 0 spiro atoms. The molecule has 1 atom stereocenters. The molecular weight excluding hydrogens is 394 g/mol. The van der Waals surface area contributed by atoms with Crippen LogP contribution < -0.4 is 29.0 Å². The maximum Gasteiger partial charge on any atom is 0.322 e. The number of methoxy groups -OCH3 is 3. The number of fused-ring (bicyclic) bond motifs is 1. The number of carbonyl (C=O) groups is 1. The van der Waals surface area contributed by atoms with Crippen molar-refractivity contribution >= 4 is 11.9 Å². The van der Waals surface area contributed by atoms with Gasteiger partial charge in [0, 0.05) is 5.56 Å². The second-order valence-corrected chi connectivity index (χ2v) is 6.18. The molecule has 0 bridgehead atoms. The molecule has 156 valence electrons. The largest absolute Gasteiger partial charge is 0.493 e. The Hall–Kier alpha value is -3.95. The molecule has 0 aliphatic carbocycles. The van der Waals surface area contributed by atoms with Crippen molar-refractivity contribution in [2.24, 2.45) is 0 Å². The molecule has 1 amide bonds. The summed E-state index contributed by atoms with van der Waals surface area (Å²) in [5.41, 5.74) is 0.531. The van der Waals surface area contributed by atoms with Gasteiger partial charge in [0.2, 0.25) is 17.7 Å². The SMILES string of the molecule is COc1cc(-c2nnc(NC(=O)[C@@H]3COc4ccccc4O3)o2)cc(OC)c1OC. The summed E-state index contributed by atoms with van der Waals surface area (Å²) in [6, 6.07) is 10.4. The quantitative estimate of drug-likeness (QED) is 0.651. The van der Waals surface area contributed by atoms with Crippen molar-refractivity contribution in [2.45, 2.75) is 6.10 Å². The first-order valence-corrected chi connectivity index (χ1v) is 8.96. The fourth-order valence-corrected chi connectivity index (χ4v) is 2.93. The maximum atomic E-state index is 12.5. The average molecular weight is 413 g/mol. The lowest BCUT2D eigenvalue weighted by Gasteiger charge is -2.24. The van der Waals surface area contributed by atoms with Gasteiger partial charge in [-0.25, -0.2) is 0 Å². The van der Waals surface area contributed by atoms with Crippen molar-refractivity contribution < 1.29 is 32.9 Å². The van der Waals surface area contributed by atoms with Crippen LogP contribution in [-0.2, 0) is 4.79 Å². The van der Waals surface area contributed by atoms with Gasteiger partial charge in [0.05, 0.1) is 21.3 Å². The molecule has 1 N–H and O–H groups in total. The zero-order chi connectivity index (χ0) is 21.1. The number of nitrogens with zero attached hydrogens (tertiary/aromatic N) is 2. The molecule has 1 aliphatic rings. The maximum absolute atomic E-state index is 12.5. The molecule has 0 radical (unpaired) electrons. The number of para-hydroxylation sites is 2. The second-order valence-electron chi connectivity index (χ2n) is 6.18. The fourth-order valence-electron chi connectivity index (χ4n) is 2.93. The first-order chi connectivity index (χ1) is 14.6. The number of aromatic nitrogens is 2. The Labute approximate surface area is 171 Å². The fraction of sp³-hybridized carbons (Fsp3) is 0.250. The second kappa shape index (κ2) is 8.19.